The molecule has 0 aliphatic carbocycles. The highest BCUT2D eigenvalue weighted by Crippen LogP contribution is 2.31. The normalized spacial score (nSPS) is 10.1. The van der Waals surface area contributed by atoms with E-state index in [1.165, 1.54) is 6.07 Å². The van der Waals surface area contributed by atoms with E-state index >= 15 is 0 Å². The van der Waals surface area contributed by atoms with E-state index in [9.17, 15) is 0 Å². The second-order valence-corrected chi connectivity index (χ2v) is 4.92. The molecule has 0 N–H and O–H groups in total. The lowest BCUT2D eigenvalue weighted by Crippen LogP contribution is -1.94. The molecular formula is C14H10Cl2N2O. The van der Waals surface area contributed by atoms with Crippen LogP contribution in [0.2, 0.25) is 10.2 Å². The van der Waals surface area contributed by atoms with Crippen molar-refractivity contribution in [2.45, 2.75) is 13.8 Å². The Labute approximate surface area is 121 Å². The molecule has 0 unspecified atom stereocenters. The van der Waals surface area contributed by atoms with Crippen molar-refractivity contribution >= 4 is 23.2 Å². The quantitative estimate of drug-likeness (QED) is 0.756. The van der Waals surface area contributed by atoms with Crippen LogP contribution < -0.4 is 4.74 Å². The van der Waals surface area contributed by atoms with Crippen LogP contribution in [-0.2, 0) is 0 Å². The van der Waals surface area contributed by atoms with E-state index in [2.05, 4.69) is 4.98 Å². The van der Waals surface area contributed by atoms with Gasteiger partial charge in [-0.15, -0.1) is 0 Å². The minimum absolute atomic E-state index is 0.221. The van der Waals surface area contributed by atoms with Crippen LogP contribution in [-0.4, -0.2) is 4.98 Å². The molecule has 0 amide bonds. The second kappa shape index (κ2) is 5.48. The van der Waals surface area contributed by atoms with E-state index in [1.807, 2.05) is 19.9 Å². The molecule has 5 heteroatoms. The number of hydrogen-bond acceptors (Lipinski definition) is 3. The third-order valence-electron chi connectivity index (χ3n) is 2.53. The summed E-state index contributed by atoms with van der Waals surface area (Å²) in [6, 6.07) is 8.64. The van der Waals surface area contributed by atoms with Crippen molar-refractivity contribution in [3.63, 3.8) is 0 Å². The number of benzene rings is 1. The molecule has 1 heterocycles. The number of aryl methyl sites for hydroxylation is 2. The fraction of sp³-hybridized carbons (Fsp3) is 0.143. The van der Waals surface area contributed by atoms with Crippen LogP contribution in [0.25, 0.3) is 0 Å². The molecule has 0 saturated carbocycles. The van der Waals surface area contributed by atoms with Crippen LogP contribution in [0.5, 0.6) is 11.6 Å². The number of nitrogens with zero attached hydrogens (tertiary/aromatic N) is 2. The average Bonchev–Trinajstić information content (AvgIpc) is 2.33. The zero-order valence-corrected chi connectivity index (χ0v) is 11.9. The predicted molar refractivity (Wildman–Crippen MR) is 75.0 cm³/mol. The Morgan fingerprint density at radius 1 is 1.11 bits per heavy atom. The first-order valence-electron chi connectivity index (χ1n) is 5.52. The SMILES string of the molecule is Cc1cc(Cl)cc(C)c1Oc1cc(C#N)cc(Cl)n1. The number of ether oxygens (including phenoxy) is 1. The van der Waals surface area contributed by atoms with Crippen LogP contribution in [0, 0.1) is 25.2 Å². The van der Waals surface area contributed by atoms with E-state index < -0.39 is 0 Å². The van der Waals surface area contributed by atoms with Gasteiger partial charge in [-0.2, -0.15) is 5.26 Å². The van der Waals surface area contributed by atoms with Gasteiger partial charge in [0.05, 0.1) is 11.6 Å². The predicted octanol–water partition coefficient (Wildman–Crippen LogP) is 4.67. The lowest BCUT2D eigenvalue weighted by atomic mass is 10.1. The highest BCUT2D eigenvalue weighted by atomic mass is 35.5. The van der Waals surface area contributed by atoms with Gasteiger partial charge in [0.15, 0.2) is 0 Å². The molecule has 1 aromatic carbocycles. The van der Waals surface area contributed by atoms with Gasteiger partial charge in [-0.05, 0) is 43.2 Å². The highest BCUT2D eigenvalue weighted by Gasteiger charge is 2.09. The van der Waals surface area contributed by atoms with Crippen molar-refractivity contribution in [1.82, 2.24) is 4.98 Å². The molecule has 0 atom stereocenters. The Kier molecular flexibility index (Phi) is 3.94. The van der Waals surface area contributed by atoms with Crippen molar-refractivity contribution in [3.8, 4) is 17.7 Å². The lowest BCUT2D eigenvalue weighted by Gasteiger charge is -2.11. The minimum atomic E-state index is 0.221. The highest BCUT2D eigenvalue weighted by molar-refractivity contribution is 6.30. The molecule has 0 fully saturated rings. The molecule has 2 rings (SSSR count). The number of pyridine rings is 1. The van der Waals surface area contributed by atoms with Gasteiger partial charge in [-0.1, -0.05) is 23.2 Å². The van der Waals surface area contributed by atoms with Gasteiger partial charge >= 0.3 is 0 Å². The van der Waals surface area contributed by atoms with E-state index in [0.717, 1.165) is 11.1 Å². The molecule has 0 bridgehead atoms. The molecule has 2 aromatic rings. The topological polar surface area (TPSA) is 45.9 Å². The van der Waals surface area contributed by atoms with Crippen LogP contribution >= 0.6 is 23.2 Å². The number of aromatic nitrogens is 1. The Morgan fingerprint density at radius 2 is 1.74 bits per heavy atom. The smallest absolute Gasteiger partial charge is 0.221 e. The van der Waals surface area contributed by atoms with Crippen molar-refractivity contribution < 1.29 is 4.74 Å². The molecule has 0 aliphatic heterocycles. The third-order valence-corrected chi connectivity index (χ3v) is 2.94. The first-order valence-corrected chi connectivity index (χ1v) is 6.27. The van der Waals surface area contributed by atoms with Gasteiger partial charge in [-0.25, -0.2) is 4.98 Å². The summed E-state index contributed by atoms with van der Waals surface area (Å²) in [6.07, 6.45) is 0. The Bertz CT molecular complexity index is 655. The zero-order chi connectivity index (χ0) is 14.0. The molecule has 3 nitrogen and oxygen atoms in total. The molecule has 96 valence electrons. The van der Waals surface area contributed by atoms with E-state index in [-0.39, 0.29) is 11.0 Å². The van der Waals surface area contributed by atoms with Gasteiger partial charge in [-0.3, -0.25) is 0 Å². The number of hydrogen-bond donors (Lipinski definition) is 0. The van der Waals surface area contributed by atoms with Crippen molar-refractivity contribution in [2.75, 3.05) is 0 Å². The summed E-state index contributed by atoms with van der Waals surface area (Å²) in [5.41, 5.74) is 2.19. The Hall–Kier alpha value is -1.76. The first kappa shape index (κ1) is 13.7. The van der Waals surface area contributed by atoms with Crippen molar-refractivity contribution in [1.29, 1.82) is 5.26 Å². The molecule has 0 radical (unpaired) electrons. The van der Waals surface area contributed by atoms with Gasteiger partial charge in [0.2, 0.25) is 5.88 Å². The fourth-order valence-electron chi connectivity index (χ4n) is 1.75. The number of halogens is 2. The lowest BCUT2D eigenvalue weighted by molar-refractivity contribution is 0.456. The maximum atomic E-state index is 8.89. The second-order valence-electron chi connectivity index (χ2n) is 4.10. The van der Waals surface area contributed by atoms with Crippen molar-refractivity contribution in [3.05, 3.63) is 51.1 Å². The van der Waals surface area contributed by atoms with E-state index in [4.69, 9.17) is 33.2 Å². The molecular weight excluding hydrogens is 283 g/mol. The van der Waals surface area contributed by atoms with Gasteiger partial charge < -0.3 is 4.74 Å². The van der Waals surface area contributed by atoms with Crippen LogP contribution in [0.1, 0.15) is 16.7 Å². The summed E-state index contributed by atoms with van der Waals surface area (Å²) < 4.78 is 5.71. The molecule has 19 heavy (non-hydrogen) atoms. The monoisotopic (exact) mass is 292 g/mol. The molecule has 0 saturated heterocycles. The number of nitriles is 1. The van der Waals surface area contributed by atoms with Crippen LogP contribution in [0.15, 0.2) is 24.3 Å². The van der Waals surface area contributed by atoms with Gasteiger partial charge in [0, 0.05) is 11.1 Å². The first-order chi connectivity index (χ1) is 8.99. The summed E-state index contributed by atoms with van der Waals surface area (Å²) in [6.45, 7) is 3.79. The standard InChI is InChI=1S/C14H10Cl2N2O/c1-8-3-11(15)4-9(2)14(8)19-13-6-10(7-17)5-12(16)18-13/h3-6H,1-2H3. The molecule has 1 aromatic heterocycles. The summed E-state index contributed by atoms with van der Waals surface area (Å²) in [7, 11) is 0. The summed E-state index contributed by atoms with van der Waals surface area (Å²) in [4.78, 5) is 4.04. The third kappa shape index (κ3) is 3.17. The average molecular weight is 293 g/mol. The zero-order valence-electron chi connectivity index (χ0n) is 10.4. The maximum absolute atomic E-state index is 8.89. The fourth-order valence-corrected chi connectivity index (χ4v) is 2.28. The molecule has 0 aliphatic rings. The minimum Gasteiger partial charge on any atom is -0.438 e. The largest absolute Gasteiger partial charge is 0.438 e. The summed E-state index contributed by atoms with van der Waals surface area (Å²) in [5, 5.41) is 9.76. The van der Waals surface area contributed by atoms with Crippen LogP contribution in [0.4, 0.5) is 0 Å². The summed E-state index contributed by atoms with van der Waals surface area (Å²) >= 11 is 11.8. The van der Waals surface area contributed by atoms with E-state index in [1.54, 1.807) is 18.2 Å². The Balaban J connectivity index is 2.42. The Morgan fingerprint density at radius 3 is 2.32 bits per heavy atom. The van der Waals surface area contributed by atoms with E-state index in [0.29, 0.717) is 16.3 Å². The van der Waals surface area contributed by atoms with Gasteiger partial charge in [0.1, 0.15) is 10.9 Å². The maximum Gasteiger partial charge on any atom is 0.221 e. The van der Waals surface area contributed by atoms with Crippen LogP contribution in [0.3, 0.4) is 0 Å². The van der Waals surface area contributed by atoms with Gasteiger partial charge in [0.25, 0.3) is 0 Å². The number of rotatable bonds is 2. The summed E-state index contributed by atoms with van der Waals surface area (Å²) in [5.74, 6) is 0.959. The molecule has 0 spiro atoms. The van der Waals surface area contributed by atoms with Crippen molar-refractivity contribution in [2.24, 2.45) is 0 Å².